The molecule has 1 unspecified atom stereocenters. The molecule has 0 radical (unpaired) electrons. The molecular weight excluding hydrogens is 224 g/mol. The molecule has 2 aliphatic rings. The van der Waals surface area contributed by atoms with Gasteiger partial charge in [0.1, 0.15) is 0 Å². The molecule has 2 rings (SSSR count). The summed E-state index contributed by atoms with van der Waals surface area (Å²) in [4.78, 5) is 23.4. The number of hydrogen-bond acceptors (Lipinski definition) is 6. The number of esters is 2. The zero-order chi connectivity index (χ0) is 12.5. The number of rotatable bonds is 2. The zero-order valence-electron chi connectivity index (χ0n) is 9.86. The lowest BCUT2D eigenvalue weighted by molar-refractivity contribution is -0.146. The van der Waals surface area contributed by atoms with Crippen LogP contribution in [0.5, 0.6) is 0 Å². The number of ether oxygens (including phenoxy) is 2. The first kappa shape index (κ1) is 11.8. The highest BCUT2D eigenvalue weighted by molar-refractivity contribution is 5.95. The fraction of sp³-hybridized carbons (Fsp3) is 0.636. The molecule has 1 fully saturated rings. The van der Waals surface area contributed by atoms with Crippen molar-refractivity contribution in [3.05, 3.63) is 11.3 Å². The number of carbonyl (C=O) groups excluding carboxylic acids is 2. The van der Waals surface area contributed by atoms with Crippen LogP contribution >= 0.6 is 0 Å². The van der Waals surface area contributed by atoms with Gasteiger partial charge in [0, 0.05) is 5.57 Å². The highest BCUT2D eigenvalue weighted by Gasteiger charge is 2.50. The first-order valence-electron chi connectivity index (χ1n) is 5.49. The van der Waals surface area contributed by atoms with E-state index in [0.717, 1.165) is 12.8 Å². The quantitative estimate of drug-likeness (QED) is 0.680. The largest absolute Gasteiger partial charge is 0.467 e. The van der Waals surface area contributed by atoms with Crippen molar-refractivity contribution >= 4 is 11.9 Å². The number of fused-ring (bicyclic) bond motifs is 1. The number of azo groups is 1. The summed E-state index contributed by atoms with van der Waals surface area (Å²) in [5.41, 5.74) is -0.267. The van der Waals surface area contributed by atoms with Gasteiger partial charge in [-0.05, 0) is 25.7 Å². The zero-order valence-corrected chi connectivity index (χ0v) is 9.86. The minimum atomic E-state index is -1.07. The van der Waals surface area contributed by atoms with Crippen molar-refractivity contribution in [1.82, 2.24) is 0 Å². The molecule has 1 saturated carbocycles. The second-order valence-corrected chi connectivity index (χ2v) is 4.08. The Hall–Kier alpha value is -1.72. The van der Waals surface area contributed by atoms with E-state index in [2.05, 4.69) is 15.0 Å². The summed E-state index contributed by atoms with van der Waals surface area (Å²) in [6.07, 6.45) is 2.96. The van der Waals surface area contributed by atoms with E-state index < -0.39 is 17.5 Å². The minimum absolute atomic E-state index is 0.164. The third-order valence-corrected chi connectivity index (χ3v) is 3.22. The molecule has 0 saturated heterocycles. The van der Waals surface area contributed by atoms with Crippen LogP contribution < -0.4 is 0 Å². The molecule has 0 bridgehead atoms. The summed E-state index contributed by atoms with van der Waals surface area (Å²) < 4.78 is 9.42. The van der Waals surface area contributed by atoms with E-state index in [0.29, 0.717) is 18.4 Å². The summed E-state index contributed by atoms with van der Waals surface area (Å²) in [7, 11) is 2.60. The monoisotopic (exact) mass is 238 g/mol. The molecule has 6 nitrogen and oxygen atoms in total. The van der Waals surface area contributed by atoms with Crippen LogP contribution in [0.1, 0.15) is 25.7 Å². The Labute approximate surface area is 98.7 Å². The first-order chi connectivity index (χ1) is 8.15. The number of nitrogens with zero attached hydrogens (tertiary/aromatic N) is 2. The van der Waals surface area contributed by atoms with Crippen molar-refractivity contribution in [2.24, 2.45) is 10.2 Å². The predicted octanol–water partition coefficient (Wildman–Crippen LogP) is 1.37. The van der Waals surface area contributed by atoms with Crippen molar-refractivity contribution in [1.29, 1.82) is 0 Å². The summed E-state index contributed by atoms with van der Waals surface area (Å²) in [6, 6.07) is 0. The molecule has 1 atom stereocenters. The molecule has 0 amide bonds. The van der Waals surface area contributed by atoms with Gasteiger partial charge in [0.15, 0.2) is 5.70 Å². The van der Waals surface area contributed by atoms with Crippen molar-refractivity contribution < 1.29 is 19.1 Å². The Balaban J connectivity index is 2.45. The molecule has 92 valence electrons. The maximum absolute atomic E-state index is 11.9. The van der Waals surface area contributed by atoms with Crippen LogP contribution in [0.25, 0.3) is 0 Å². The molecule has 1 aliphatic carbocycles. The summed E-state index contributed by atoms with van der Waals surface area (Å²) in [6.45, 7) is 0. The van der Waals surface area contributed by atoms with Crippen molar-refractivity contribution in [2.75, 3.05) is 14.2 Å². The fourth-order valence-electron chi connectivity index (χ4n) is 2.36. The SMILES string of the molecule is COC(=O)C1=C2CCCCC2(C(=O)OC)N=N1. The van der Waals surface area contributed by atoms with Gasteiger partial charge in [0.05, 0.1) is 14.2 Å². The highest BCUT2D eigenvalue weighted by Crippen LogP contribution is 2.44. The van der Waals surface area contributed by atoms with Crippen LogP contribution in [0.3, 0.4) is 0 Å². The molecule has 0 aromatic heterocycles. The van der Waals surface area contributed by atoms with Crippen LogP contribution in [0.4, 0.5) is 0 Å². The molecule has 0 aromatic rings. The van der Waals surface area contributed by atoms with E-state index in [4.69, 9.17) is 4.74 Å². The maximum atomic E-state index is 11.9. The number of methoxy groups -OCH3 is 2. The van der Waals surface area contributed by atoms with Gasteiger partial charge in [-0.1, -0.05) is 0 Å². The molecule has 17 heavy (non-hydrogen) atoms. The van der Waals surface area contributed by atoms with E-state index in [1.165, 1.54) is 14.2 Å². The van der Waals surface area contributed by atoms with E-state index in [1.807, 2.05) is 0 Å². The van der Waals surface area contributed by atoms with Crippen LogP contribution in [-0.2, 0) is 19.1 Å². The van der Waals surface area contributed by atoms with E-state index in [1.54, 1.807) is 0 Å². The lowest BCUT2D eigenvalue weighted by atomic mass is 9.77. The third kappa shape index (κ3) is 1.64. The third-order valence-electron chi connectivity index (χ3n) is 3.22. The molecule has 1 aliphatic heterocycles. The summed E-state index contributed by atoms with van der Waals surface area (Å²) in [5.74, 6) is -0.994. The summed E-state index contributed by atoms with van der Waals surface area (Å²) in [5, 5.41) is 7.81. The Morgan fingerprint density at radius 3 is 2.65 bits per heavy atom. The number of hydrogen-bond donors (Lipinski definition) is 0. The van der Waals surface area contributed by atoms with Crippen LogP contribution in [0.2, 0.25) is 0 Å². The minimum Gasteiger partial charge on any atom is -0.467 e. The normalized spacial score (nSPS) is 26.7. The van der Waals surface area contributed by atoms with Gasteiger partial charge in [0.2, 0.25) is 5.54 Å². The van der Waals surface area contributed by atoms with Crippen molar-refractivity contribution in [3.8, 4) is 0 Å². The van der Waals surface area contributed by atoms with Gasteiger partial charge >= 0.3 is 11.9 Å². The standard InChI is InChI=1S/C11H14N2O4/c1-16-9(14)8-7-5-3-4-6-11(7,13-12-8)10(15)17-2/h3-6H2,1-2H3. The molecule has 1 heterocycles. The maximum Gasteiger partial charge on any atom is 0.358 e. The lowest BCUT2D eigenvalue weighted by Crippen LogP contribution is -2.40. The molecular formula is C11H14N2O4. The van der Waals surface area contributed by atoms with Crippen LogP contribution in [0.15, 0.2) is 21.5 Å². The Morgan fingerprint density at radius 1 is 1.24 bits per heavy atom. The number of carbonyl (C=O) groups is 2. The van der Waals surface area contributed by atoms with Gasteiger partial charge in [0.25, 0.3) is 0 Å². The molecule has 0 N–H and O–H groups in total. The summed E-state index contributed by atoms with van der Waals surface area (Å²) >= 11 is 0. The Bertz CT molecular complexity index is 427. The second-order valence-electron chi connectivity index (χ2n) is 4.08. The van der Waals surface area contributed by atoms with Crippen LogP contribution in [-0.4, -0.2) is 31.7 Å². The predicted molar refractivity (Wildman–Crippen MR) is 57.1 cm³/mol. The van der Waals surface area contributed by atoms with Gasteiger partial charge in [-0.15, -0.1) is 5.11 Å². The second kappa shape index (κ2) is 4.27. The average molecular weight is 238 g/mol. The van der Waals surface area contributed by atoms with Crippen LogP contribution in [0, 0.1) is 0 Å². The van der Waals surface area contributed by atoms with Gasteiger partial charge < -0.3 is 9.47 Å². The fourth-order valence-corrected chi connectivity index (χ4v) is 2.36. The molecule has 6 heteroatoms. The Morgan fingerprint density at radius 2 is 2.00 bits per heavy atom. The van der Waals surface area contributed by atoms with E-state index in [9.17, 15) is 9.59 Å². The first-order valence-corrected chi connectivity index (χ1v) is 5.49. The topological polar surface area (TPSA) is 77.3 Å². The van der Waals surface area contributed by atoms with Crippen molar-refractivity contribution in [2.45, 2.75) is 31.2 Å². The Kier molecular flexibility index (Phi) is 2.95. The molecule has 0 aromatic carbocycles. The van der Waals surface area contributed by atoms with Gasteiger partial charge in [-0.3, -0.25) is 0 Å². The lowest BCUT2D eigenvalue weighted by Gasteiger charge is -2.29. The highest BCUT2D eigenvalue weighted by atomic mass is 16.5. The van der Waals surface area contributed by atoms with Gasteiger partial charge in [-0.2, -0.15) is 5.11 Å². The van der Waals surface area contributed by atoms with E-state index >= 15 is 0 Å². The van der Waals surface area contributed by atoms with E-state index in [-0.39, 0.29) is 5.70 Å². The average Bonchev–Trinajstić information content (AvgIpc) is 2.77. The smallest absolute Gasteiger partial charge is 0.358 e. The van der Waals surface area contributed by atoms with Gasteiger partial charge in [-0.25, -0.2) is 9.59 Å². The van der Waals surface area contributed by atoms with Crippen molar-refractivity contribution in [3.63, 3.8) is 0 Å². The molecule has 0 spiro atoms.